The summed E-state index contributed by atoms with van der Waals surface area (Å²) in [5.41, 5.74) is 1.59. The molecule has 4 heteroatoms. The van der Waals surface area contributed by atoms with Crippen molar-refractivity contribution in [3.63, 3.8) is 0 Å². The van der Waals surface area contributed by atoms with Gasteiger partial charge in [0.2, 0.25) is 5.91 Å². The fourth-order valence-corrected chi connectivity index (χ4v) is 2.20. The summed E-state index contributed by atoms with van der Waals surface area (Å²) in [5.74, 6) is -1.45. The lowest BCUT2D eigenvalue weighted by molar-refractivity contribution is -0.154. The average molecular weight is 275 g/mol. The van der Waals surface area contributed by atoms with Crippen LogP contribution in [0.25, 0.3) is 0 Å². The molecule has 0 bridgehead atoms. The van der Waals surface area contributed by atoms with Crippen molar-refractivity contribution in [2.45, 2.75) is 46.1 Å². The Labute approximate surface area is 119 Å². The smallest absolute Gasteiger partial charge is 0.319 e. The Bertz CT molecular complexity index is 549. The van der Waals surface area contributed by atoms with E-state index in [-0.39, 0.29) is 18.4 Å². The summed E-state index contributed by atoms with van der Waals surface area (Å²) in [5, 5.41) is 12.3. The molecule has 1 unspecified atom stereocenters. The van der Waals surface area contributed by atoms with Gasteiger partial charge in [0.25, 0.3) is 0 Å². The Hall–Kier alpha value is -1.84. The van der Waals surface area contributed by atoms with E-state index in [2.05, 4.69) is 5.32 Å². The van der Waals surface area contributed by atoms with E-state index in [0.29, 0.717) is 0 Å². The van der Waals surface area contributed by atoms with Crippen LogP contribution in [-0.4, -0.2) is 23.0 Å². The van der Waals surface area contributed by atoms with Crippen molar-refractivity contribution in [1.82, 2.24) is 5.32 Å². The number of nitrogens with one attached hydrogen (secondary N) is 1. The van der Waals surface area contributed by atoms with Crippen LogP contribution in [0.5, 0.6) is 0 Å². The molecule has 1 amide bonds. The maximum Gasteiger partial charge on any atom is 0.319 e. The first kappa shape index (κ1) is 14.6. The van der Waals surface area contributed by atoms with Crippen molar-refractivity contribution in [2.24, 2.45) is 5.41 Å². The molecule has 20 heavy (non-hydrogen) atoms. The maximum atomic E-state index is 12.3. The third-order valence-corrected chi connectivity index (χ3v) is 3.93. The van der Waals surface area contributed by atoms with E-state index in [1.807, 2.05) is 32.0 Å². The highest BCUT2D eigenvalue weighted by Gasteiger charge is 2.43. The number of carboxylic acids is 1. The third-order valence-electron chi connectivity index (χ3n) is 3.93. The number of carbonyl (C=O) groups excluding carboxylic acids is 1. The normalized spacial score (nSPS) is 17.4. The van der Waals surface area contributed by atoms with Crippen LogP contribution in [0.3, 0.4) is 0 Å². The molecule has 0 heterocycles. The zero-order chi connectivity index (χ0) is 14.9. The first-order chi connectivity index (χ1) is 9.33. The predicted molar refractivity (Wildman–Crippen MR) is 76.5 cm³/mol. The number of rotatable bonds is 5. The fraction of sp³-hybridized carbons (Fsp3) is 0.500. The van der Waals surface area contributed by atoms with E-state index in [1.165, 1.54) is 6.92 Å². The first-order valence-electron chi connectivity index (χ1n) is 6.93. The van der Waals surface area contributed by atoms with Crippen LogP contribution in [0.2, 0.25) is 0 Å². The highest BCUT2D eigenvalue weighted by atomic mass is 16.4. The van der Waals surface area contributed by atoms with Gasteiger partial charge in [-0.25, -0.2) is 0 Å². The lowest BCUT2D eigenvalue weighted by Crippen LogP contribution is -2.46. The molecule has 1 aliphatic carbocycles. The molecule has 1 saturated carbocycles. The maximum absolute atomic E-state index is 12.3. The molecule has 0 aliphatic heterocycles. The quantitative estimate of drug-likeness (QED) is 0.810. The highest BCUT2D eigenvalue weighted by molar-refractivity contribution is 6.02. The van der Waals surface area contributed by atoms with Gasteiger partial charge < -0.3 is 10.4 Å². The van der Waals surface area contributed by atoms with E-state index in [1.54, 1.807) is 0 Å². The molecule has 2 N–H and O–H groups in total. The van der Waals surface area contributed by atoms with Gasteiger partial charge in [-0.15, -0.1) is 0 Å². The Morgan fingerprint density at radius 1 is 1.35 bits per heavy atom. The zero-order valence-corrected chi connectivity index (χ0v) is 12.2. The molecule has 0 spiro atoms. The van der Waals surface area contributed by atoms with Crippen LogP contribution in [0, 0.1) is 19.3 Å². The molecule has 108 valence electrons. The van der Waals surface area contributed by atoms with E-state index in [4.69, 9.17) is 0 Å². The lowest BCUT2D eigenvalue weighted by atomic mass is 9.81. The molecule has 4 nitrogen and oxygen atoms in total. The number of hydrogen-bond acceptors (Lipinski definition) is 2. The van der Waals surface area contributed by atoms with Gasteiger partial charge in [-0.3, -0.25) is 9.59 Å². The van der Waals surface area contributed by atoms with Gasteiger partial charge in [0.1, 0.15) is 5.41 Å². The monoisotopic (exact) mass is 275 g/mol. The molecule has 1 fully saturated rings. The molecule has 1 atom stereocenters. The van der Waals surface area contributed by atoms with Gasteiger partial charge in [0.05, 0.1) is 0 Å². The third kappa shape index (κ3) is 3.00. The Morgan fingerprint density at radius 3 is 2.55 bits per heavy atom. The molecular weight excluding hydrogens is 254 g/mol. The first-order valence-corrected chi connectivity index (χ1v) is 6.93. The summed E-state index contributed by atoms with van der Waals surface area (Å²) in [4.78, 5) is 23.9. The second-order valence-corrected chi connectivity index (χ2v) is 5.99. The summed E-state index contributed by atoms with van der Waals surface area (Å²) in [6.07, 6.45) is 2.12. The highest BCUT2D eigenvalue weighted by Crippen LogP contribution is 2.28. The van der Waals surface area contributed by atoms with Crippen molar-refractivity contribution < 1.29 is 14.7 Å². The number of aliphatic carboxylic acids is 1. The van der Waals surface area contributed by atoms with Crippen molar-refractivity contribution in [3.05, 3.63) is 34.9 Å². The topological polar surface area (TPSA) is 66.4 Å². The van der Waals surface area contributed by atoms with Gasteiger partial charge in [-0.2, -0.15) is 0 Å². The van der Waals surface area contributed by atoms with Crippen molar-refractivity contribution in [3.8, 4) is 0 Å². The average Bonchev–Trinajstić information content (AvgIpc) is 3.17. The minimum Gasteiger partial charge on any atom is -0.480 e. The summed E-state index contributed by atoms with van der Waals surface area (Å²) in [6.45, 7) is 5.41. The molecular formula is C16H21NO3. The predicted octanol–water partition coefficient (Wildman–Crippen LogP) is 2.22. The standard InChI is InChI=1S/C16H21NO3/c1-10-4-5-11(2)12(8-10)9-16(3,15(19)20)14(18)17-13-6-7-13/h4-5,8,13H,6-7,9H2,1-3H3,(H,17,18)(H,19,20). The second-order valence-electron chi connectivity index (χ2n) is 5.99. The molecule has 1 aliphatic rings. The Balaban J connectivity index is 2.25. The van der Waals surface area contributed by atoms with Crippen molar-refractivity contribution >= 4 is 11.9 Å². The zero-order valence-electron chi connectivity index (χ0n) is 12.2. The summed E-state index contributed by atoms with van der Waals surface area (Å²) < 4.78 is 0. The van der Waals surface area contributed by atoms with E-state index >= 15 is 0 Å². The minimum absolute atomic E-state index is 0.166. The van der Waals surface area contributed by atoms with E-state index in [0.717, 1.165) is 29.5 Å². The fourth-order valence-electron chi connectivity index (χ4n) is 2.20. The second kappa shape index (κ2) is 5.27. The van der Waals surface area contributed by atoms with Gasteiger partial charge >= 0.3 is 5.97 Å². The van der Waals surface area contributed by atoms with Crippen LogP contribution in [0.4, 0.5) is 0 Å². The Morgan fingerprint density at radius 2 is 2.00 bits per heavy atom. The molecule has 2 rings (SSSR count). The number of benzene rings is 1. The van der Waals surface area contributed by atoms with Gasteiger partial charge in [-0.05, 0) is 51.2 Å². The number of carboxylic acid groups (broad SMARTS) is 1. The van der Waals surface area contributed by atoms with Gasteiger partial charge in [0, 0.05) is 6.04 Å². The summed E-state index contributed by atoms with van der Waals surface area (Å²) in [6, 6.07) is 6.08. The van der Waals surface area contributed by atoms with Gasteiger partial charge in [-0.1, -0.05) is 23.8 Å². The lowest BCUT2D eigenvalue weighted by Gasteiger charge is -2.25. The Kier molecular flexibility index (Phi) is 3.84. The minimum atomic E-state index is -1.42. The molecule has 0 aromatic heterocycles. The van der Waals surface area contributed by atoms with E-state index < -0.39 is 11.4 Å². The van der Waals surface area contributed by atoms with Crippen LogP contribution >= 0.6 is 0 Å². The molecule has 0 saturated heterocycles. The van der Waals surface area contributed by atoms with Gasteiger partial charge in [0.15, 0.2) is 0 Å². The number of hydrogen-bond donors (Lipinski definition) is 2. The SMILES string of the molecule is Cc1ccc(C)c(CC(C)(C(=O)O)C(=O)NC2CC2)c1. The largest absolute Gasteiger partial charge is 0.480 e. The van der Waals surface area contributed by atoms with Crippen LogP contribution < -0.4 is 5.32 Å². The van der Waals surface area contributed by atoms with Crippen molar-refractivity contribution in [2.75, 3.05) is 0 Å². The summed E-state index contributed by atoms with van der Waals surface area (Å²) in [7, 11) is 0. The molecule has 1 aromatic rings. The molecule has 1 aromatic carbocycles. The van der Waals surface area contributed by atoms with Crippen LogP contribution in [0.1, 0.15) is 36.5 Å². The number of aryl methyl sites for hydroxylation is 2. The summed E-state index contributed by atoms with van der Waals surface area (Å²) >= 11 is 0. The number of carbonyl (C=O) groups is 2. The number of amides is 1. The van der Waals surface area contributed by atoms with Crippen LogP contribution in [0.15, 0.2) is 18.2 Å². The molecule has 0 radical (unpaired) electrons. The van der Waals surface area contributed by atoms with Crippen LogP contribution in [-0.2, 0) is 16.0 Å². The van der Waals surface area contributed by atoms with E-state index in [9.17, 15) is 14.7 Å². The van der Waals surface area contributed by atoms with Crippen molar-refractivity contribution in [1.29, 1.82) is 0 Å².